The minimum Gasteiger partial charge on any atom is -0.393 e. The zero-order valence-corrected chi connectivity index (χ0v) is 10.1. The van der Waals surface area contributed by atoms with Crippen LogP contribution in [0.5, 0.6) is 0 Å². The summed E-state index contributed by atoms with van der Waals surface area (Å²) in [6.45, 7) is 2.05. The van der Waals surface area contributed by atoms with Gasteiger partial charge in [-0.25, -0.2) is 0 Å². The van der Waals surface area contributed by atoms with Crippen molar-refractivity contribution in [3.63, 3.8) is 0 Å². The predicted molar refractivity (Wildman–Crippen MR) is 66.7 cm³/mol. The highest BCUT2D eigenvalue weighted by molar-refractivity contribution is 5.76. The van der Waals surface area contributed by atoms with Crippen LogP contribution >= 0.6 is 0 Å². The van der Waals surface area contributed by atoms with Crippen molar-refractivity contribution in [2.24, 2.45) is 0 Å². The van der Waals surface area contributed by atoms with Gasteiger partial charge in [-0.1, -0.05) is 29.8 Å². The first kappa shape index (κ1) is 12.1. The molecule has 0 spiro atoms. The number of carbonyl (C=O) groups excluding carboxylic acids is 1. The zero-order chi connectivity index (χ0) is 12.3. The van der Waals surface area contributed by atoms with E-state index in [2.05, 4.69) is 36.5 Å². The van der Waals surface area contributed by atoms with Gasteiger partial charge in [0.1, 0.15) is 0 Å². The van der Waals surface area contributed by atoms with Crippen LogP contribution in [0, 0.1) is 6.92 Å². The molecule has 0 radical (unpaired) electrons. The Kier molecular flexibility index (Phi) is 3.79. The van der Waals surface area contributed by atoms with Gasteiger partial charge < -0.3 is 10.4 Å². The second kappa shape index (κ2) is 5.32. The third-order valence-corrected chi connectivity index (χ3v) is 3.24. The lowest BCUT2D eigenvalue weighted by atomic mass is 9.89. The van der Waals surface area contributed by atoms with E-state index in [0.29, 0.717) is 19.3 Å². The number of benzene rings is 1. The van der Waals surface area contributed by atoms with Crippen molar-refractivity contribution >= 4 is 5.91 Å². The fourth-order valence-corrected chi connectivity index (χ4v) is 2.02. The van der Waals surface area contributed by atoms with Gasteiger partial charge in [0.25, 0.3) is 0 Å². The molecule has 17 heavy (non-hydrogen) atoms. The largest absolute Gasteiger partial charge is 0.393 e. The lowest BCUT2D eigenvalue weighted by Crippen LogP contribution is -2.46. The smallest absolute Gasteiger partial charge is 0.220 e. The molecule has 2 N–H and O–H groups in total. The topological polar surface area (TPSA) is 49.3 Å². The first-order chi connectivity index (χ1) is 8.13. The molecular formula is C14H19NO2. The van der Waals surface area contributed by atoms with Crippen molar-refractivity contribution in [2.45, 2.75) is 44.8 Å². The number of hydrogen-bond donors (Lipinski definition) is 2. The highest BCUT2D eigenvalue weighted by Crippen LogP contribution is 2.19. The molecule has 1 aromatic carbocycles. The molecule has 1 aliphatic carbocycles. The van der Waals surface area contributed by atoms with Crippen molar-refractivity contribution in [3.05, 3.63) is 35.4 Å². The Morgan fingerprint density at radius 2 is 2.00 bits per heavy atom. The number of aliphatic hydroxyl groups excluding tert-OH is 1. The molecule has 1 aromatic rings. The maximum absolute atomic E-state index is 11.6. The van der Waals surface area contributed by atoms with E-state index in [4.69, 9.17) is 5.11 Å². The van der Waals surface area contributed by atoms with Crippen LogP contribution in [0.1, 0.15) is 30.4 Å². The summed E-state index contributed by atoms with van der Waals surface area (Å²) in [5, 5.41) is 12.0. The van der Waals surface area contributed by atoms with Gasteiger partial charge in [0.15, 0.2) is 0 Å². The Bertz CT molecular complexity index is 380. The van der Waals surface area contributed by atoms with E-state index < -0.39 is 0 Å². The zero-order valence-electron chi connectivity index (χ0n) is 10.1. The lowest BCUT2D eigenvalue weighted by Gasteiger charge is -2.31. The van der Waals surface area contributed by atoms with E-state index in [1.165, 1.54) is 11.1 Å². The molecular weight excluding hydrogens is 214 g/mol. The van der Waals surface area contributed by atoms with Crippen molar-refractivity contribution in [2.75, 3.05) is 0 Å². The predicted octanol–water partition coefficient (Wildman–Crippen LogP) is 1.57. The van der Waals surface area contributed by atoms with Crippen LogP contribution in [-0.2, 0) is 11.2 Å². The van der Waals surface area contributed by atoms with Gasteiger partial charge in [-0.2, -0.15) is 0 Å². The molecule has 0 unspecified atom stereocenters. The molecule has 1 aliphatic rings. The molecule has 0 atom stereocenters. The summed E-state index contributed by atoms with van der Waals surface area (Å²) in [6.07, 6.45) is 2.50. The third-order valence-electron chi connectivity index (χ3n) is 3.24. The minimum atomic E-state index is -0.211. The SMILES string of the molecule is Cc1ccc(CCC(=O)NC2CC(O)C2)cc1. The second-order valence-electron chi connectivity index (χ2n) is 4.88. The summed E-state index contributed by atoms with van der Waals surface area (Å²) in [5.41, 5.74) is 2.43. The van der Waals surface area contributed by atoms with Gasteiger partial charge >= 0.3 is 0 Å². The number of carbonyl (C=O) groups is 1. The Morgan fingerprint density at radius 3 is 2.59 bits per heavy atom. The van der Waals surface area contributed by atoms with Gasteiger partial charge in [-0.15, -0.1) is 0 Å². The molecule has 1 saturated carbocycles. The molecule has 0 aliphatic heterocycles. The number of aliphatic hydroxyl groups is 1. The third kappa shape index (κ3) is 3.56. The number of hydrogen-bond acceptors (Lipinski definition) is 2. The van der Waals surface area contributed by atoms with Crippen LogP contribution in [0.3, 0.4) is 0 Å². The fraction of sp³-hybridized carbons (Fsp3) is 0.500. The molecule has 2 rings (SSSR count). The minimum absolute atomic E-state index is 0.0856. The van der Waals surface area contributed by atoms with Crippen LogP contribution in [0.2, 0.25) is 0 Å². The standard InChI is InChI=1S/C14H19NO2/c1-10-2-4-11(5-3-10)6-7-14(17)15-12-8-13(16)9-12/h2-5,12-13,16H,6-9H2,1H3,(H,15,17). The van der Waals surface area contributed by atoms with Crippen molar-refractivity contribution in [1.82, 2.24) is 5.32 Å². The van der Waals surface area contributed by atoms with Crippen LogP contribution in [0.15, 0.2) is 24.3 Å². The summed E-state index contributed by atoms with van der Waals surface area (Å²) < 4.78 is 0. The molecule has 1 amide bonds. The molecule has 0 heterocycles. The molecule has 0 aromatic heterocycles. The fourth-order valence-electron chi connectivity index (χ4n) is 2.02. The van der Waals surface area contributed by atoms with Crippen LogP contribution in [0.25, 0.3) is 0 Å². The summed E-state index contributed by atoms with van der Waals surface area (Å²) >= 11 is 0. The van der Waals surface area contributed by atoms with E-state index in [9.17, 15) is 4.79 Å². The average Bonchev–Trinajstić information content (AvgIpc) is 2.26. The normalized spacial score (nSPS) is 22.9. The number of rotatable bonds is 4. The molecule has 0 saturated heterocycles. The highest BCUT2D eigenvalue weighted by Gasteiger charge is 2.27. The summed E-state index contributed by atoms with van der Waals surface area (Å²) in [7, 11) is 0. The Balaban J connectivity index is 1.70. The van der Waals surface area contributed by atoms with Gasteiger partial charge in [0.2, 0.25) is 5.91 Å². The Labute approximate surface area is 102 Å². The lowest BCUT2D eigenvalue weighted by molar-refractivity contribution is -0.123. The van der Waals surface area contributed by atoms with E-state index in [-0.39, 0.29) is 18.1 Å². The van der Waals surface area contributed by atoms with Crippen LogP contribution in [0.4, 0.5) is 0 Å². The second-order valence-corrected chi connectivity index (χ2v) is 4.88. The molecule has 3 heteroatoms. The Morgan fingerprint density at radius 1 is 1.35 bits per heavy atom. The molecule has 92 valence electrons. The summed E-state index contributed by atoms with van der Waals surface area (Å²) in [5.74, 6) is 0.0856. The number of aryl methyl sites for hydroxylation is 2. The highest BCUT2D eigenvalue weighted by atomic mass is 16.3. The van der Waals surface area contributed by atoms with Crippen LogP contribution < -0.4 is 5.32 Å². The van der Waals surface area contributed by atoms with E-state index >= 15 is 0 Å². The first-order valence-electron chi connectivity index (χ1n) is 6.16. The van der Waals surface area contributed by atoms with Gasteiger partial charge in [-0.05, 0) is 31.7 Å². The van der Waals surface area contributed by atoms with Crippen LogP contribution in [-0.4, -0.2) is 23.2 Å². The van der Waals surface area contributed by atoms with E-state index in [1.807, 2.05) is 0 Å². The summed E-state index contributed by atoms with van der Waals surface area (Å²) in [4.78, 5) is 11.6. The Hall–Kier alpha value is -1.35. The molecule has 0 bridgehead atoms. The first-order valence-corrected chi connectivity index (χ1v) is 6.16. The summed E-state index contributed by atoms with van der Waals surface area (Å²) in [6, 6.07) is 8.45. The van der Waals surface area contributed by atoms with E-state index in [0.717, 1.165) is 6.42 Å². The van der Waals surface area contributed by atoms with Gasteiger partial charge in [0, 0.05) is 12.5 Å². The quantitative estimate of drug-likeness (QED) is 0.829. The number of amides is 1. The van der Waals surface area contributed by atoms with Crippen molar-refractivity contribution < 1.29 is 9.90 Å². The van der Waals surface area contributed by atoms with Crippen molar-refractivity contribution in [3.8, 4) is 0 Å². The number of nitrogens with one attached hydrogen (secondary N) is 1. The maximum atomic E-state index is 11.6. The average molecular weight is 233 g/mol. The van der Waals surface area contributed by atoms with Gasteiger partial charge in [-0.3, -0.25) is 4.79 Å². The van der Waals surface area contributed by atoms with Gasteiger partial charge in [0.05, 0.1) is 6.10 Å². The van der Waals surface area contributed by atoms with Crippen molar-refractivity contribution in [1.29, 1.82) is 0 Å². The monoisotopic (exact) mass is 233 g/mol. The maximum Gasteiger partial charge on any atom is 0.220 e. The molecule has 1 fully saturated rings. The molecule has 3 nitrogen and oxygen atoms in total. The van der Waals surface area contributed by atoms with E-state index in [1.54, 1.807) is 0 Å².